The Balaban J connectivity index is 2.51. The lowest BCUT2D eigenvalue weighted by Gasteiger charge is -2.11. The van der Waals surface area contributed by atoms with E-state index in [4.69, 9.17) is 23.2 Å². The lowest BCUT2D eigenvalue weighted by molar-refractivity contribution is 0.588. The normalized spacial score (nSPS) is 11.2. The van der Waals surface area contributed by atoms with E-state index >= 15 is 0 Å². The summed E-state index contributed by atoms with van der Waals surface area (Å²) in [6.45, 7) is 3.23. The Labute approximate surface area is 139 Å². The fourth-order valence-electron chi connectivity index (χ4n) is 2.24. The quantitative estimate of drug-likeness (QED) is 0.663. The molecule has 0 spiro atoms. The topological polar surface area (TPSA) is 47.3 Å². The van der Waals surface area contributed by atoms with Gasteiger partial charge in [-0.25, -0.2) is 18.7 Å². The Kier molecular flexibility index (Phi) is 3.82. The van der Waals surface area contributed by atoms with E-state index in [-0.39, 0.29) is 27.1 Å². The molecular formula is C15H9Cl2F2N3O. The average molecular weight is 356 g/mol. The van der Waals surface area contributed by atoms with Crippen molar-refractivity contribution in [3.05, 3.63) is 61.8 Å². The Morgan fingerprint density at radius 3 is 2.30 bits per heavy atom. The van der Waals surface area contributed by atoms with Crippen LogP contribution in [-0.4, -0.2) is 14.4 Å². The Hall–Kier alpha value is -2.05. The number of aromatic nitrogens is 3. The summed E-state index contributed by atoms with van der Waals surface area (Å²) in [5.74, 6) is -1.83. The van der Waals surface area contributed by atoms with Crippen LogP contribution < -0.4 is 5.56 Å². The molecule has 0 aliphatic rings. The van der Waals surface area contributed by atoms with Gasteiger partial charge in [0.1, 0.15) is 22.5 Å². The number of hydrogen-bond acceptors (Lipinski definition) is 3. The molecule has 0 saturated carbocycles. The first-order valence-electron chi connectivity index (χ1n) is 6.50. The van der Waals surface area contributed by atoms with Gasteiger partial charge in [-0.1, -0.05) is 23.2 Å². The van der Waals surface area contributed by atoms with E-state index in [1.807, 2.05) is 0 Å². The largest absolute Gasteiger partial charge is 0.269 e. The first kappa shape index (κ1) is 15.8. The molecule has 0 radical (unpaired) electrons. The van der Waals surface area contributed by atoms with Crippen LogP contribution in [-0.2, 0) is 0 Å². The molecule has 0 amide bonds. The van der Waals surface area contributed by atoms with Gasteiger partial charge < -0.3 is 0 Å². The Bertz CT molecular complexity index is 995. The monoisotopic (exact) mass is 355 g/mol. The van der Waals surface area contributed by atoms with E-state index in [1.54, 1.807) is 13.8 Å². The molecule has 2 heterocycles. The lowest BCUT2D eigenvalue weighted by atomic mass is 10.1. The van der Waals surface area contributed by atoms with Crippen molar-refractivity contribution in [2.45, 2.75) is 13.8 Å². The van der Waals surface area contributed by atoms with E-state index < -0.39 is 17.2 Å². The summed E-state index contributed by atoms with van der Waals surface area (Å²) in [4.78, 5) is 20.5. The fourth-order valence-corrected chi connectivity index (χ4v) is 2.62. The SMILES string of the molecule is Cc1nc2c(-c3c(F)cc(Cl)cc3F)nc(Cl)cn2c(=O)c1C. The van der Waals surface area contributed by atoms with Crippen molar-refractivity contribution in [1.29, 1.82) is 0 Å². The molecule has 118 valence electrons. The minimum Gasteiger partial charge on any atom is -0.269 e. The van der Waals surface area contributed by atoms with Crippen molar-refractivity contribution in [2.75, 3.05) is 0 Å². The second kappa shape index (κ2) is 5.54. The minimum absolute atomic E-state index is 0.0163. The predicted molar refractivity (Wildman–Crippen MR) is 84.1 cm³/mol. The molecule has 0 unspecified atom stereocenters. The van der Waals surface area contributed by atoms with Gasteiger partial charge in [0.15, 0.2) is 5.65 Å². The van der Waals surface area contributed by atoms with Crippen molar-refractivity contribution in [3.63, 3.8) is 0 Å². The number of aryl methyl sites for hydroxylation is 1. The molecule has 0 bridgehead atoms. The van der Waals surface area contributed by atoms with Gasteiger partial charge in [0.25, 0.3) is 5.56 Å². The van der Waals surface area contributed by atoms with Gasteiger partial charge in [-0.05, 0) is 26.0 Å². The van der Waals surface area contributed by atoms with Crippen molar-refractivity contribution in [2.24, 2.45) is 0 Å². The molecule has 0 atom stereocenters. The van der Waals surface area contributed by atoms with Crippen LogP contribution >= 0.6 is 23.2 Å². The van der Waals surface area contributed by atoms with Gasteiger partial charge in [-0.2, -0.15) is 0 Å². The lowest BCUT2D eigenvalue weighted by Crippen LogP contribution is -2.20. The zero-order valence-corrected chi connectivity index (χ0v) is 13.5. The molecule has 0 saturated heterocycles. The van der Waals surface area contributed by atoms with E-state index in [2.05, 4.69) is 9.97 Å². The van der Waals surface area contributed by atoms with E-state index in [0.29, 0.717) is 11.3 Å². The summed E-state index contributed by atoms with van der Waals surface area (Å²) in [6, 6.07) is 1.91. The smallest absolute Gasteiger partial charge is 0.261 e. The van der Waals surface area contributed by atoms with Gasteiger partial charge in [-0.15, -0.1) is 0 Å². The third-order valence-corrected chi connectivity index (χ3v) is 3.89. The molecule has 2 aromatic heterocycles. The number of rotatable bonds is 1. The number of fused-ring (bicyclic) bond motifs is 1. The third-order valence-electron chi connectivity index (χ3n) is 3.49. The number of halogens is 4. The van der Waals surface area contributed by atoms with Crippen LogP contribution in [0.3, 0.4) is 0 Å². The summed E-state index contributed by atoms with van der Waals surface area (Å²) in [5, 5.41) is -0.180. The molecule has 3 aromatic rings. The second-order valence-electron chi connectivity index (χ2n) is 4.98. The van der Waals surface area contributed by atoms with Crippen LogP contribution in [0.1, 0.15) is 11.3 Å². The highest BCUT2D eigenvalue weighted by Crippen LogP contribution is 2.30. The second-order valence-corrected chi connectivity index (χ2v) is 5.80. The van der Waals surface area contributed by atoms with Gasteiger partial charge >= 0.3 is 0 Å². The third kappa shape index (κ3) is 2.58. The number of benzene rings is 1. The fraction of sp³-hybridized carbons (Fsp3) is 0.133. The van der Waals surface area contributed by atoms with Crippen LogP contribution in [0.4, 0.5) is 8.78 Å². The van der Waals surface area contributed by atoms with Crippen LogP contribution in [0.5, 0.6) is 0 Å². The Morgan fingerprint density at radius 1 is 1.09 bits per heavy atom. The zero-order valence-electron chi connectivity index (χ0n) is 12.0. The molecule has 4 nitrogen and oxygen atoms in total. The first-order valence-corrected chi connectivity index (χ1v) is 7.26. The van der Waals surface area contributed by atoms with Gasteiger partial charge in [0, 0.05) is 16.3 Å². The summed E-state index contributed by atoms with van der Waals surface area (Å²) in [6.07, 6.45) is 1.26. The molecular weight excluding hydrogens is 347 g/mol. The maximum absolute atomic E-state index is 14.2. The molecule has 0 fully saturated rings. The van der Waals surface area contributed by atoms with Crippen LogP contribution in [0, 0.1) is 25.5 Å². The highest BCUT2D eigenvalue weighted by Gasteiger charge is 2.20. The summed E-state index contributed by atoms with van der Waals surface area (Å²) >= 11 is 11.5. The summed E-state index contributed by atoms with van der Waals surface area (Å²) < 4.78 is 29.6. The van der Waals surface area contributed by atoms with Gasteiger partial charge in [0.05, 0.1) is 11.8 Å². The molecule has 1 aromatic carbocycles. The van der Waals surface area contributed by atoms with Crippen LogP contribution in [0.2, 0.25) is 10.2 Å². The van der Waals surface area contributed by atoms with E-state index in [0.717, 1.165) is 16.5 Å². The molecule has 0 N–H and O–H groups in total. The molecule has 8 heteroatoms. The van der Waals surface area contributed by atoms with Gasteiger partial charge in [0.2, 0.25) is 0 Å². The van der Waals surface area contributed by atoms with Crippen LogP contribution in [0.15, 0.2) is 23.1 Å². The highest BCUT2D eigenvalue weighted by atomic mass is 35.5. The summed E-state index contributed by atoms with van der Waals surface area (Å²) in [5.41, 5.74) is -0.118. The van der Waals surface area contributed by atoms with E-state index in [9.17, 15) is 13.6 Å². The first-order chi connectivity index (χ1) is 10.8. The molecule has 3 rings (SSSR count). The number of hydrogen-bond donors (Lipinski definition) is 0. The van der Waals surface area contributed by atoms with E-state index in [1.165, 1.54) is 6.20 Å². The predicted octanol–water partition coefficient (Wildman–Crippen LogP) is 3.96. The van der Waals surface area contributed by atoms with Gasteiger partial charge in [-0.3, -0.25) is 9.20 Å². The van der Waals surface area contributed by atoms with Crippen molar-refractivity contribution >= 4 is 28.8 Å². The minimum atomic E-state index is -0.917. The Morgan fingerprint density at radius 2 is 1.70 bits per heavy atom. The highest BCUT2D eigenvalue weighted by molar-refractivity contribution is 6.30. The van der Waals surface area contributed by atoms with Crippen molar-refractivity contribution in [1.82, 2.24) is 14.4 Å². The maximum Gasteiger partial charge on any atom is 0.261 e. The summed E-state index contributed by atoms with van der Waals surface area (Å²) in [7, 11) is 0. The van der Waals surface area contributed by atoms with Crippen molar-refractivity contribution in [3.8, 4) is 11.3 Å². The standard InChI is InChI=1S/C15H9Cl2F2N3O/c1-6-7(2)20-14-13(21-11(17)5-22(14)15(6)23)12-9(18)3-8(16)4-10(12)19/h3-5H,1-2H3. The number of nitrogens with zero attached hydrogens (tertiary/aromatic N) is 3. The zero-order chi connectivity index (χ0) is 16.9. The molecule has 0 aliphatic heterocycles. The van der Waals surface area contributed by atoms with Crippen molar-refractivity contribution < 1.29 is 8.78 Å². The molecule has 23 heavy (non-hydrogen) atoms. The van der Waals surface area contributed by atoms with Crippen LogP contribution in [0.25, 0.3) is 16.9 Å². The molecule has 0 aliphatic carbocycles. The maximum atomic E-state index is 14.2. The average Bonchev–Trinajstić information content (AvgIpc) is 2.45.